The molecule has 5 rings (SSSR count). The summed E-state index contributed by atoms with van der Waals surface area (Å²) in [5, 5.41) is 3.55. The fourth-order valence-electron chi connectivity index (χ4n) is 3.82. The molecule has 0 radical (unpaired) electrons. The highest BCUT2D eigenvalue weighted by molar-refractivity contribution is 7.85. The van der Waals surface area contributed by atoms with Gasteiger partial charge in [0.1, 0.15) is 17.1 Å². The molecule has 1 heterocycles. The van der Waals surface area contributed by atoms with Crippen molar-refractivity contribution in [2.45, 2.75) is 0 Å². The van der Waals surface area contributed by atoms with Gasteiger partial charge in [-0.1, -0.05) is 42.5 Å². The van der Waals surface area contributed by atoms with Crippen LogP contribution in [-0.2, 0) is 4.57 Å². The van der Waals surface area contributed by atoms with E-state index >= 15 is 0 Å². The summed E-state index contributed by atoms with van der Waals surface area (Å²) in [7, 11) is -3.51. The average molecular weight is 415 g/mol. The van der Waals surface area contributed by atoms with Crippen LogP contribution in [0.3, 0.4) is 0 Å². The standard InChI is InChI=1S/C25H16F2NOP/c26-17-9-13-19(14-10-17)30(29,20-15-11-18(27)12-16-20)25-23-7-2-1-5-21(23)22-6-3-4-8-24(22)28-25/h1-16H. The molecule has 0 atom stereocenters. The first-order valence-electron chi connectivity index (χ1n) is 9.48. The molecule has 5 aromatic rings. The number of benzene rings is 4. The van der Waals surface area contributed by atoms with Crippen LogP contribution in [0, 0.1) is 11.6 Å². The van der Waals surface area contributed by atoms with E-state index in [1.165, 1.54) is 48.5 Å². The Labute approximate surface area is 172 Å². The second-order valence-corrected chi connectivity index (χ2v) is 9.74. The number of hydrogen-bond acceptors (Lipinski definition) is 2. The van der Waals surface area contributed by atoms with Gasteiger partial charge < -0.3 is 4.57 Å². The Hall–Kier alpha value is -3.36. The number of halogens is 2. The number of aromatic nitrogens is 1. The fraction of sp³-hybridized carbons (Fsp3) is 0. The molecule has 0 amide bonds. The molecule has 2 nitrogen and oxygen atoms in total. The van der Waals surface area contributed by atoms with Gasteiger partial charge in [0.05, 0.1) is 5.52 Å². The predicted molar refractivity (Wildman–Crippen MR) is 119 cm³/mol. The molecular weight excluding hydrogens is 399 g/mol. The van der Waals surface area contributed by atoms with Gasteiger partial charge in [0.15, 0.2) is 7.14 Å². The summed E-state index contributed by atoms with van der Waals surface area (Å²) in [6.45, 7) is 0. The van der Waals surface area contributed by atoms with E-state index in [1.54, 1.807) is 0 Å². The number of rotatable bonds is 3. The molecule has 0 saturated carbocycles. The molecule has 0 fully saturated rings. The molecule has 5 heteroatoms. The van der Waals surface area contributed by atoms with Crippen LogP contribution in [0.4, 0.5) is 8.78 Å². The third kappa shape index (κ3) is 2.92. The minimum atomic E-state index is -3.51. The fourth-order valence-corrected chi connectivity index (χ4v) is 6.53. The molecular formula is C25H16F2NOP. The van der Waals surface area contributed by atoms with E-state index in [0.717, 1.165) is 21.7 Å². The summed E-state index contributed by atoms with van der Waals surface area (Å²) in [4.78, 5) is 4.82. The number of nitrogens with zero attached hydrogens (tertiary/aromatic N) is 1. The molecule has 0 N–H and O–H groups in total. The Morgan fingerprint density at radius 1 is 0.567 bits per heavy atom. The Morgan fingerprint density at radius 2 is 1.03 bits per heavy atom. The quantitative estimate of drug-likeness (QED) is 0.296. The molecule has 30 heavy (non-hydrogen) atoms. The normalized spacial score (nSPS) is 11.8. The minimum absolute atomic E-state index is 0.412. The zero-order valence-corrected chi connectivity index (χ0v) is 16.7. The van der Waals surface area contributed by atoms with Crippen LogP contribution in [0.2, 0.25) is 0 Å². The maximum atomic E-state index is 14.8. The molecule has 1 aromatic heterocycles. The zero-order chi connectivity index (χ0) is 20.7. The Kier molecular flexibility index (Phi) is 4.45. The van der Waals surface area contributed by atoms with E-state index < -0.39 is 18.8 Å². The zero-order valence-electron chi connectivity index (χ0n) is 15.8. The van der Waals surface area contributed by atoms with Crippen molar-refractivity contribution in [3.8, 4) is 0 Å². The third-order valence-corrected chi connectivity index (χ3v) is 8.26. The predicted octanol–water partition coefficient (Wildman–Crippen LogP) is 5.31. The Balaban J connectivity index is 1.93. The molecule has 0 bridgehead atoms. The summed E-state index contributed by atoms with van der Waals surface area (Å²) in [6.07, 6.45) is 0. The van der Waals surface area contributed by atoms with E-state index in [0.29, 0.717) is 16.0 Å². The molecule has 0 saturated heterocycles. The smallest absolute Gasteiger partial charge is 0.189 e. The van der Waals surface area contributed by atoms with Crippen molar-refractivity contribution >= 4 is 44.9 Å². The van der Waals surface area contributed by atoms with Crippen molar-refractivity contribution in [3.05, 3.63) is 109 Å². The van der Waals surface area contributed by atoms with Gasteiger partial charge in [0.25, 0.3) is 0 Å². The number of pyridine rings is 1. The minimum Gasteiger partial charge on any atom is -0.307 e. The van der Waals surface area contributed by atoms with E-state index in [-0.39, 0.29) is 0 Å². The molecule has 0 aliphatic rings. The monoisotopic (exact) mass is 415 g/mol. The molecule has 4 aromatic carbocycles. The summed E-state index contributed by atoms with van der Waals surface area (Å²) >= 11 is 0. The first kappa shape index (κ1) is 18.7. The van der Waals surface area contributed by atoms with Gasteiger partial charge in [-0.05, 0) is 60.0 Å². The average Bonchev–Trinajstić information content (AvgIpc) is 2.79. The SMILES string of the molecule is O=P(c1ccc(F)cc1)(c1ccc(F)cc1)c1nc2ccccc2c2ccccc12. The lowest BCUT2D eigenvalue weighted by atomic mass is 10.1. The van der Waals surface area contributed by atoms with Crippen molar-refractivity contribution in [3.63, 3.8) is 0 Å². The first-order valence-corrected chi connectivity index (χ1v) is 11.2. The Bertz CT molecular complexity index is 1380. The lowest BCUT2D eigenvalue weighted by molar-refractivity contribution is 0.592. The highest BCUT2D eigenvalue weighted by atomic mass is 31.2. The summed E-state index contributed by atoms with van der Waals surface area (Å²) in [6, 6.07) is 26.6. The molecule has 146 valence electrons. The number of fused-ring (bicyclic) bond motifs is 3. The van der Waals surface area contributed by atoms with Crippen molar-refractivity contribution in [2.75, 3.05) is 0 Å². The summed E-state index contributed by atoms with van der Waals surface area (Å²) in [5.74, 6) is -0.832. The van der Waals surface area contributed by atoms with Crippen LogP contribution in [-0.4, -0.2) is 4.98 Å². The second-order valence-electron chi connectivity index (χ2n) is 7.06. The van der Waals surface area contributed by atoms with Crippen LogP contribution in [0.15, 0.2) is 97.1 Å². The van der Waals surface area contributed by atoms with E-state index in [2.05, 4.69) is 0 Å². The van der Waals surface area contributed by atoms with Crippen molar-refractivity contribution in [1.29, 1.82) is 0 Å². The largest absolute Gasteiger partial charge is 0.307 e. The van der Waals surface area contributed by atoms with Gasteiger partial charge in [-0.15, -0.1) is 0 Å². The summed E-state index contributed by atoms with van der Waals surface area (Å²) in [5.41, 5.74) is 1.13. The molecule has 0 unspecified atom stereocenters. The van der Waals surface area contributed by atoms with Crippen LogP contribution >= 0.6 is 7.14 Å². The highest BCUT2D eigenvalue weighted by Crippen LogP contribution is 2.44. The first-order chi connectivity index (χ1) is 14.6. The number of para-hydroxylation sites is 1. The van der Waals surface area contributed by atoms with Gasteiger partial charge in [-0.2, -0.15) is 0 Å². The van der Waals surface area contributed by atoms with Gasteiger partial charge in [0.2, 0.25) is 0 Å². The third-order valence-electron chi connectivity index (χ3n) is 5.27. The van der Waals surface area contributed by atoms with Gasteiger partial charge in [0, 0.05) is 21.4 Å². The van der Waals surface area contributed by atoms with Gasteiger partial charge >= 0.3 is 0 Å². The van der Waals surface area contributed by atoms with Crippen molar-refractivity contribution in [1.82, 2.24) is 4.98 Å². The van der Waals surface area contributed by atoms with E-state index in [4.69, 9.17) is 4.98 Å². The van der Waals surface area contributed by atoms with Gasteiger partial charge in [-0.3, -0.25) is 0 Å². The molecule has 0 aliphatic heterocycles. The van der Waals surface area contributed by atoms with Crippen molar-refractivity contribution in [2.24, 2.45) is 0 Å². The topological polar surface area (TPSA) is 30.0 Å². The van der Waals surface area contributed by atoms with E-state index in [1.807, 2.05) is 48.5 Å². The van der Waals surface area contributed by atoms with Gasteiger partial charge in [-0.25, -0.2) is 13.8 Å². The van der Waals surface area contributed by atoms with E-state index in [9.17, 15) is 13.3 Å². The maximum absolute atomic E-state index is 14.8. The van der Waals surface area contributed by atoms with Crippen molar-refractivity contribution < 1.29 is 13.3 Å². The molecule has 0 aliphatic carbocycles. The van der Waals surface area contributed by atoms with Crippen LogP contribution < -0.4 is 16.0 Å². The Morgan fingerprint density at radius 3 is 1.60 bits per heavy atom. The lowest BCUT2D eigenvalue weighted by Gasteiger charge is -2.21. The highest BCUT2D eigenvalue weighted by Gasteiger charge is 2.33. The molecule has 0 spiro atoms. The van der Waals surface area contributed by atoms with Crippen LogP contribution in [0.5, 0.6) is 0 Å². The van der Waals surface area contributed by atoms with Crippen LogP contribution in [0.25, 0.3) is 21.7 Å². The maximum Gasteiger partial charge on any atom is 0.189 e. The van der Waals surface area contributed by atoms with Crippen LogP contribution in [0.1, 0.15) is 0 Å². The lowest BCUT2D eigenvalue weighted by Crippen LogP contribution is -2.28. The summed E-state index contributed by atoms with van der Waals surface area (Å²) < 4.78 is 42.1. The number of hydrogen-bond donors (Lipinski definition) is 0. The second kappa shape index (κ2) is 7.16.